The van der Waals surface area contributed by atoms with Crippen LogP contribution in [0.1, 0.15) is 5.56 Å². The fourth-order valence-electron chi connectivity index (χ4n) is 3.23. The lowest BCUT2D eigenvalue weighted by Gasteiger charge is -2.11. The third-order valence-corrected chi connectivity index (χ3v) is 6.00. The van der Waals surface area contributed by atoms with Crippen molar-refractivity contribution in [1.82, 2.24) is 14.9 Å². The molecule has 0 aliphatic carbocycles. The van der Waals surface area contributed by atoms with Crippen LogP contribution in [-0.2, 0) is 6.42 Å². The first-order valence-electron chi connectivity index (χ1n) is 9.69. The zero-order chi connectivity index (χ0) is 22.8. The van der Waals surface area contributed by atoms with Crippen LogP contribution < -0.4 is 10.3 Å². The summed E-state index contributed by atoms with van der Waals surface area (Å²) in [5, 5.41) is 10.8. The predicted octanol–water partition coefficient (Wildman–Crippen LogP) is 4.60. The molecular weight excluding hydrogens is 435 g/mol. The third-order valence-electron chi connectivity index (χ3n) is 4.83. The van der Waals surface area contributed by atoms with Gasteiger partial charge in [-0.1, -0.05) is 0 Å². The summed E-state index contributed by atoms with van der Waals surface area (Å²) in [6.07, 6.45) is 3.94. The fraction of sp³-hybridized carbons (Fsp3) is 0.182. The summed E-state index contributed by atoms with van der Waals surface area (Å²) in [4.78, 5) is 32.1. The zero-order valence-electron chi connectivity index (χ0n) is 17.3. The van der Waals surface area contributed by atoms with Gasteiger partial charge in [0.2, 0.25) is 5.56 Å². The number of pyridine rings is 2. The number of aromatic nitrogens is 2. The van der Waals surface area contributed by atoms with Crippen LogP contribution >= 0.6 is 11.3 Å². The van der Waals surface area contributed by atoms with E-state index in [1.54, 1.807) is 24.5 Å². The van der Waals surface area contributed by atoms with Gasteiger partial charge in [-0.05, 0) is 38.2 Å². The maximum absolute atomic E-state index is 14.3. The molecule has 0 atom stereocenters. The SMILES string of the molecule is CN(C)CCc1cc(=O)[nH]cc1-c1cc2nccc(Oc3ccc([N+](=O)[O-])cc3F)c2s1. The Morgan fingerprint density at radius 1 is 1.22 bits per heavy atom. The number of ether oxygens (including phenoxy) is 1. The number of thiophene rings is 1. The van der Waals surface area contributed by atoms with E-state index in [0.29, 0.717) is 22.4 Å². The average molecular weight is 454 g/mol. The standard InChI is InChI=1S/C22H19FN4O4S/c1-26(2)8-6-13-9-21(28)25-12-15(13)20-11-17-22(32-20)19(5-7-24-17)31-18-4-3-14(27(29)30)10-16(18)23/h3-5,7,9-12H,6,8H2,1-2H3,(H,25,28). The Kier molecular flexibility index (Phi) is 5.97. The van der Waals surface area contributed by atoms with Crippen LogP contribution in [0, 0.1) is 15.9 Å². The highest BCUT2D eigenvalue weighted by Gasteiger charge is 2.17. The van der Waals surface area contributed by atoms with Crippen molar-refractivity contribution in [1.29, 1.82) is 0 Å². The lowest BCUT2D eigenvalue weighted by atomic mass is 10.1. The average Bonchev–Trinajstić information content (AvgIpc) is 3.18. The summed E-state index contributed by atoms with van der Waals surface area (Å²) in [7, 11) is 3.94. The van der Waals surface area contributed by atoms with E-state index in [9.17, 15) is 19.3 Å². The Morgan fingerprint density at radius 3 is 2.75 bits per heavy atom. The molecule has 0 aliphatic heterocycles. The molecule has 0 fully saturated rings. The minimum Gasteiger partial charge on any atom is -0.453 e. The number of non-ortho nitro benzene ring substituents is 1. The first kappa shape index (κ1) is 21.6. The summed E-state index contributed by atoms with van der Waals surface area (Å²) in [5.74, 6) is -0.556. The molecule has 8 nitrogen and oxygen atoms in total. The molecule has 0 spiro atoms. The number of fused-ring (bicyclic) bond motifs is 1. The van der Waals surface area contributed by atoms with Crippen molar-refractivity contribution in [2.24, 2.45) is 0 Å². The highest BCUT2D eigenvalue weighted by Crippen LogP contribution is 2.40. The van der Waals surface area contributed by atoms with E-state index in [4.69, 9.17) is 4.74 Å². The molecule has 3 aromatic heterocycles. The quantitative estimate of drug-likeness (QED) is 0.324. The number of halogens is 1. The molecule has 1 N–H and O–H groups in total. The van der Waals surface area contributed by atoms with E-state index in [1.807, 2.05) is 25.1 Å². The van der Waals surface area contributed by atoms with Gasteiger partial charge in [0.15, 0.2) is 11.6 Å². The summed E-state index contributed by atoms with van der Waals surface area (Å²) < 4.78 is 20.8. The molecule has 1 aromatic carbocycles. The predicted molar refractivity (Wildman–Crippen MR) is 121 cm³/mol. The van der Waals surface area contributed by atoms with Crippen molar-refractivity contribution in [3.8, 4) is 21.9 Å². The topological polar surface area (TPSA) is 101 Å². The monoisotopic (exact) mass is 454 g/mol. The van der Waals surface area contributed by atoms with Gasteiger partial charge in [0.25, 0.3) is 5.69 Å². The third kappa shape index (κ3) is 4.51. The molecule has 4 rings (SSSR count). The van der Waals surface area contributed by atoms with Gasteiger partial charge in [-0.25, -0.2) is 4.39 Å². The summed E-state index contributed by atoms with van der Waals surface area (Å²) >= 11 is 1.41. The van der Waals surface area contributed by atoms with Gasteiger partial charge in [0.1, 0.15) is 5.75 Å². The van der Waals surface area contributed by atoms with Crippen molar-refractivity contribution in [3.63, 3.8) is 0 Å². The van der Waals surface area contributed by atoms with Crippen molar-refractivity contribution in [3.05, 3.63) is 80.6 Å². The number of nitro groups is 1. The van der Waals surface area contributed by atoms with Crippen molar-refractivity contribution < 1.29 is 14.1 Å². The van der Waals surface area contributed by atoms with E-state index in [1.165, 1.54) is 23.5 Å². The number of nitrogens with one attached hydrogen (secondary N) is 1. The van der Waals surface area contributed by atoms with E-state index in [0.717, 1.165) is 28.6 Å². The van der Waals surface area contributed by atoms with Crippen LogP contribution in [0.3, 0.4) is 0 Å². The Hall–Kier alpha value is -3.63. The summed E-state index contributed by atoms with van der Waals surface area (Å²) in [6, 6.07) is 8.35. The minimum atomic E-state index is -0.826. The van der Waals surface area contributed by atoms with Gasteiger partial charge in [-0.2, -0.15) is 0 Å². The molecule has 3 heterocycles. The molecule has 0 unspecified atom stereocenters. The van der Waals surface area contributed by atoms with Gasteiger partial charge in [0.05, 0.1) is 21.2 Å². The van der Waals surface area contributed by atoms with Crippen LogP contribution in [0.5, 0.6) is 11.5 Å². The number of hydrogen-bond donors (Lipinski definition) is 1. The second-order valence-corrected chi connectivity index (χ2v) is 8.45. The summed E-state index contributed by atoms with van der Waals surface area (Å²) in [6.45, 7) is 0.785. The number of H-pyrrole nitrogens is 1. The fourth-order valence-corrected chi connectivity index (χ4v) is 4.34. The first-order valence-corrected chi connectivity index (χ1v) is 10.5. The molecule has 32 heavy (non-hydrogen) atoms. The second-order valence-electron chi connectivity index (χ2n) is 7.40. The lowest BCUT2D eigenvalue weighted by Crippen LogP contribution is -2.17. The van der Waals surface area contributed by atoms with Gasteiger partial charge in [-0.15, -0.1) is 11.3 Å². The number of rotatable bonds is 7. The van der Waals surface area contributed by atoms with Gasteiger partial charge >= 0.3 is 0 Å². The second kappa shape index (κ2) is 8.85. The molecular formula is C22H19FN4O4S. The maximum atomic E-state index is 14.3. The highest BCUT2D eigenvalue weighted by atomic mass is 32.1. The molecule has 164 valence electrons. The van der Waals surface area contributed by atoms with Crippen LogP contribution in [0.2, 0.25) is 0 Å². The number of likely N-dealkylation sites (N-methyl/N-ethyl adjacent to an activating group) is 1. The molecule has 0 bridgehead atoms. The van der Waals surface area contributed by atoms with Crippen LogP contribution in [0.4, 0.5) is 10.1 Å². The molecule has 4 aromatic rings. The molecule has 0 saturated heterocycles. The van der Waals surface area contributed by atoms with Crippen LogP contribution in [0.15, 0.2) is 53.6 Å². The van der Waals surface area contributed by atoms with Crippen LogP contribution in [0.25, 0.3) is 20.7 Å². The Balaban J connectivity index is 1.72. The smallest absolute Gasteiger partial charge is 0.272 e. The Morgan fingerprint density at radius 2 is 2.03 bits per heavy atom. The molecule has 0 radical (unpaired) electrons. The van der Waals surface area contributed by atoms with Crippen LogP contribution in [-0.4, -0.2) is 40.4 Å². The Labute approximate surface area is 186 Å². The van der Waals surface area contributed by atoms with E-state index in [-0.39, 0.29) is 17.0 Å². The molecule has 0 aliphatic rings. The largest absolute Gasteiger partial charge is 0.453 e. The summed E-state index contributed by atoms with van der Waals surface area (Å²) in [5.41, 5.74) is 1.95. The molecule has 0 saturated carbocycles. The van der Waals surface area contributed by atoms with Crippen molar-refractivity contribution in [2.75, 3.05) is 20.6 Å². The van der Waals surface area contributed by atoms with E-state index in [2.05, 4.69) is 9.97 Å². The highest BCUT2D eigenvalue weighted by molar-refractivity contribution is 7.22. The lowest BCUT2D eigenvalue weighted by molar-refractivity contribution is -0.385. The van der Waals surface area contributed by atoms with Gasteiger partial charge in [-0.3, -0.25) is 19.9 Å². The minimum absolute atomic E-state index is 0.117. The van der Waals surface area contributed by atoms with E-state index < -0.39 is 10.7 Å². The zero-order valence-corrected chi connectivity index (χ0v) is 18.1. The molecule has 0 amide bonds. The number of nitrogens with zero attached hydrogens (tertiary/aromatic N) is 3. The normalized spacial score (nSPS) is 11.2. The number of nitro benzene ring substituents is 1. The Bertz CT molecular complexity index is 1370. The van der Waals surface area contributed by atoms with E-state index >= 15 is 0 Å². The van der Waals surface area contributed by atoms with Gasteiger partial charge in [0, 0.05) is 47.6 Å². The number of aromatic amines is 1. The number of benzene rings is 1. The first-order chi connectivity index (χ1) is 15.3. The van der Waals surface area contributed by atoms with Crippen molar-refractivity contribution in [2.45, 2.75) is 6.42 Å². The maximum Gasteiger partial charge on any atom is 0.272 e. The van der Waals surface area contributed by atoms with Gasteiger partial charge < -0.3 is 14.6 Å². The number of hydrogen-bond acceptors (Lipinski definition) is 7. The molecule has 10 heteroatoms. The van der Waals surface area contributed by atoms with Crippen molar-refractivity contribution >= 4 is 27.2 Å².